The molecule has 2 aromatic rings. The van der Waals surface area contributed by atoms with E-state index in [9.17, 15) is 9.59 Å². The van der Waals surface area contributed by atoms with Gasteiger partial charge in [-0.2, -0.15) is 0 Å². The van der Waals surface area contributed by atoms with Gasteiger partial charge < -0.3 is 15.8 Å². The van der Waals surface area contributed by atoms with Crippen LogP contribution >= 0.6 is 11.6 Å². The van der Waals surface area contributed by atoms with E-state index in [4.69, 9.17) is 22.1 Å². The second-order valence-corrected chi connectivity index (χ2v) is 5.38. The number of halogens is 1. The first kappa shape index (κ1) is 16.8. The van der Waals surface area contributed by atoms with E-state index in [1.54, 1.807) is 30.3 Å². The van der Waals surface area contributed by atoms with E-state index in [-0.39, 0.29) is 18.6 Å². The smallest absolute Gasteiger partial charge is 0.255 e. The fourth-order valence-electron chi connectivity index (χ4n) is 2.11. The van der Waals surface area contributed by atoms with Crippen molar-refractivity contribution in [2.24, 2.45) is 5.73 Å². The predicted molar refractivity (Wildman–Crippen MR) is 88.5 cm³/mol. The second kappa shape index (κ2) is 7.65. The number of hydrogen-bond donors (Lipinski definition) is 2. The lowest BCUT2D eigenvalue weighted by atomic mass is 10.1. The quantitative estimate of drug-likeness (QED) is 0.853. The molecule has 120 valence electrons. The maximum Gasteiger partial charge on any atom is 0.255 e. The Labute approximate surface area is 139 Å². The molecule has 0 aliphatic heterocycles. The second-order valence-electron chi connectivity index (χ2n) is 4.97. The molecule has 0 aliphatic rings. The first-order valence-corrected chi connectivity index (χ1v) is 7.42. The zero-order valence-electron chi connectivity index (χ0n) is 12.6. The summed E-state index contributed by atoms with van der Waals surface area (Å²) < 4.78 is 5.27. The third kappa shape index (κ3) is 4.47. The molecule has 0 spiro atoms. The van der Waals surface area contributed by atoms with Crippen molar-refractivity contribution in [2.75, 3.05) is 6.61 Å². The minimum Gasteiger partial charge on any atom is -0.483 e. The molecular weight excluding hydrogens is 316 g/mol. The molecule has 3 N–H and O–H groups in total. The lowest BCUT2D eigenvalue weighted by Crippen LogP contribution is -2.28. The van der Waals surface area contributed by atoms with Crippen molar-refractivity contribution in [3.63, 3.8) is 0 Å². The highest BCUT2D eigenvalue weighted by Crippen LogP contribution is 2.24. The molecule has 0 heterocycles. The van der Waals surface area contributed by atoms with Crippen molar-refractivity contribution in [1.29, 1.82) is 0 Å². The molecule has 2 aromatic carbocycles. The number of ether oxygens (including phenoxy) is 1. The predicted octanol–water partition coefficient (Wildman–Crippen LogP) is 2.70. The van der Waals surface area contributed by atoms with E-state index in [0.717, 1.165) is 5.56 Å². The maximum absolute atomic E-state index is 12.5. The summed E-state index contributed by atoms with van der Waals surface area (Å²) in [5, 5.41) is 3.44. The largest absolute Gasteiger partial charge is 0.483 e. The topological polar surface area (TPSA) is 81.4 Å². The van der Waals surface area contributed by atoms with Crippen LogP contribution in [0.25, 0.3) is 0 Å². The van der Waals surface area contributed by atoms with Crippen LogP contribution in [0.2, 0.25) is 5.02 Å². The Morgan fingerprint density at radius 1 is 1.17 bits per heavy atom. The molecule has 23 heavy (non-hydrogen) atoms. The molecule has 1 unspecified atom stereocenters. The molecule has 0 fully saturated rings. The first-order chi connectivity index (χ1) is 11.0. The van der Waals surface area contributed by atoms with E-state index in [0.29, 0.717) is 16.3 Å². The Balaban J connectivity index is 2.14. The highest BCUT2D eigenvalue weighted by molar-refractivity contribution is 6.31. The van der Waals surface area contributed by atoms with E-state index < -0.39 is 5.91 Å². The van der Waals surface area contributed by atoms with Crippen molar-refractivity contribution in [2.45, 2.75) is 13.0 Å². The van der Waals surface area contributed by atoms with Crippen LogP contribution in [0.5, 0.6) is 5.75 Å². The molecule has 0 bridgehead atoms. The molecule has 0 radical (unpaired) electrons. The van der Waals surface area contributed by atoms with Crippen molar-refractivity contribution in [3.05, 3.63) is 64.7 Å². The SMILES string of the molecule is CC(NC(=O)c1ccccc1OCC(N)=O)c1ccccc1Cl. The van der Waals surface area contributed by atoms with E-state index >= 15 is 0 Å². The Morgan fingerprint density at radius 2 is 1.83 bits per heavy atom. The normalized spacial score (nSPS) is 11.6. The molecule has 1 atom stereocenters. The number of rotatable bonds is 6. The number of hydrogen-bond acceptors (Lipinski definition) is 3. The molecule has 0 aliphatic carbocycles. The van der Waals surface area contributed by atoms with Crippen LogP contribution < -0.4 is 15.8 Å². The summed E-state index contributed by atoms with van der Waals surface area (Å²) >= 11 is 6.14. The maximum atomic E-state index is 12.5. The van der Waals surface area contributed by atoms with E-state index in [1.165, 1.54) is 0 Å². The molecule has 0 saturated heterocycles. The highest BCUT2D eigenvalue weighted by Gasteiger charge is 2.17. The average molecular weight is 333 g/mol. The molecular formula is C17H17ClN2O3. The number of nitrogens with two attached hydrogens (primary N) is 1. The third-order valence-corrected chi connectivity index (χ3v) is 3.57. The summed E-state index contributed by atoms with van der Waals surface area (Å²) in [7, 11) is 0. The van der Waals surface area contributed by atoms with Gasteiger partial charge in [-0.15, -0.1) is 0 Å². The van der Waals surface area contributed by atoms with Crippen LogP contribution in [0.15, 0.2) is 48.5 Å². The first-order valence-electron chi connectivity index (χ1n) is 7.04. The number of nitrogens with one attached hydrogen (secondary N) is 1. The number of carbonyl (C=O) groups is 2. The lowest BCUT2D eigenvalue weighted by molar-refractivity contribution is -0.119. The fourth-order valence-corrected chi connectivity index (χ4v) is 2.41. The Hall–Kier alpha value is -2.53. The molecule has 6 heteroatoms. The monoisotopic (exact) mass is 332 g/mol. The summed E-state index contributed by atoms with van der Waals surface area (Å²) in [5.74, 6) is -0.628. The van der Waals surface area contributed by atoms with Gasteiger partial charge >= 0.3 is 0 Å². The van der Waals surface area contributed by atoms with E-state index in [1.807, 2.05) is 25.1 Å². The summed E-state index contributed by atoms with van der Waals surface area (Å²) in [6.45, 7) is 1.55. The Bertz CT molecular complexity index is 718. The summed E-state index contributed by atoms with van der Waals surface area (Å²) in [6, 6.07) is 13.7. The summed E-state index contributed by atoms with van der Waals surface area (Å²) in [6.07, 6.45) is 0. The standard InChI is InChI=1S/C17H17ClN2O3/c1-11(12-6-2-4-8-14(12)18)20-17(22)13-7-3-5-9-15(13)23-10-16(19)21/h2-9,11H,10H2,1H3,(H2,19,21)(H,20,22). The van der Waals surface area contributed by atoms with Crippen molar-refractivity contribution < 1.29 is 14.3 Å². The number of amides is 2. The summed E-state index contributed by atoms with van der Waals surface area (Å²) in [4.78, 5) is 23.3. The van der Waals surface area contributed by atoms with Crippen molar-refractivity contribution in [3.8, 4) is 5.75 Å². The fraction of sp³-hybridized carbons (Fsp3) is 0.176. The van der Waals surface area contributed by atoms with Crippen molar-refractivity contribution in [1.82, 2.24) is 5.32 Å². The zero-order valence-corrected chi connectivity index (χ0v) is 13.3. The van der Waals surface area contributed by atoms with Crippen LogP contribution in [-0.2, 0) is 4.79 Å². The molecule has 2 rings (SSSR count). The molecule has 0 aromatic heterocycles. The van der Waals surface area contributed by atoms with Crippen molar-refractivity contribution >= 4 is 23.4 Å². The van der Waals surface area contributed by atoms with Gasteiger partial charge in [-0.3, -0.25) is 9.59 Å². The van der Waals surface area contributed by atoms with Gasteiger partial charge in [0.05, 0.1) is 11.6 Å². The van der Waals surface area contributed by atoms with Gasteiger partial charge in [0.1, 0.15) is 5.75 Å². The van der Waals surface area contributed by atoms with E-state index in [2.05, 4.69) is 5.32 Å². The molecule has 5 nitrogen and oxygen atoms in total. The molecule has 2 amide bonds. The zero-order chi connectivity index (χ0) is 16.8. The van der Waals surface area contributed by atoms with Gasteiger partial charge in [0.15, 0.2) is 6.61 Å². The minimum atomic E-state index is -0.607. The number of para-hydroxylation sites is 1. The third-order valence-electron chi connectivity index (χ3n) is 3.22. The Morgan fingerprint density at radius 3 is 2.52 bits per heavy atom. The van der Waals surface area contributed by atoms with Gasteiger partial charge in [-0.05, 0) is 30.7 Å². The number of benzene rings is 2. The van der Waals surface area contributed by atoms with Gasteiger partial charge in [0, 0.05) is 5.02 Å². The van der Waals surface area contributed by atoms with Crippen LogP contribution in [0, 0.1) is 0 Å². The van der Waals surface area contributed by atoms with Crippen LogP contribution in [-0.4, -0.2) is 18.4 Å². The minimum absolute atomic E-state index is 0.277. The number of primary amides is 1. The van der Waals surface area contributed by atoms with Gasteiger partial charge in [-0.25, -0.2) is 0 Å². The van der Waals surface area contributed by atoms with Crippen LogP contribution in [0.1, 0.15) is 28.9 Å². The number of carbonyl (C=O) groups excluding carboxylic acids is 2. The lowest BCUT2D eigenvalue weighted by Gasteiger charge is -2.17. The molecule has 0 saturated carbocycles. The highest BCUT2D eigenvalue weighted by atomic mass is 35.5. The van der Waals surface area contributed by atoms with Crippen LogP contribution in [0.3, 0.4) is 0 Å². The van der Waals surface area contributed by atoms with Gasteiger partial charge in [0.25, 0.3) is 11.8 Å². The summed E-state index contributed by atoms with van der Waals surface area (Å²) in [5.41, 5.74) is 6.20. The van der Waals surface area contributed by atoms with Crippen LogP contribution in [0.4, 0.5) is 0 Å². The van der Waals surface area contributed by atoms with Gasteiger partial charge in [0.2, 0.25) is 0 Å². The Kier molecular flexibility index (Phi) is 5.60. The van der Waals surface area contributed by atoms with Gasteiger partial charge in [-0.1, -0.05) is 41.9 Å². The average Bonchev–Trinajstić information content (AvgIpc) is 2.53.